The van der Waals surface area contributed by atoms with Gasteiger partial charge in [0.2, 0.25) is 0 Å². The molecular formula is C11H16N4. The van der Waals surface area contributed by atoms with Crippen molar-refractivity contribution < 1.29 is 0 Å². The number of nitrogens with zero attached hydrogens (tertiary/aromatic N) is 4. The van der Waals surface area contributed by atoms with Gasteiger partial charge < -0.3 is 4.57 Å². The van der Waals surface area contributed by atoms with Crippen molar-refractivity contribution in [3.8, 4) is 6.07 Å². The summed E-state index contributed by atoms with van der Waals surface area (Å²) in [6.07, 6.45) is 6.17. The molecule has 0 aliphatic carbocycles. The van der Waals surface area contributed by atoms with Crippen molar-refractivity contribution in [3.63, 3.8) is 0 Å². The second-order valence-corrected chi connectivity index (χ2v) is 4.26. The highest BCUT2D eigenvalue weighted by Crippen LogP contribution is 2.19. The summed E-state index contributed by atoms with van der Waals surface area (Å²) in [6.45, 7) is 2.57. The van der Waals surface area contributed by atoms with Gasteiger partial charge in [-0.25, -0.2) is 4.98 Å². The largest absolute Gasteiger partial charge is 0.335 e. The van der Waals surface area contributed by atoms with E-state index in [0.717, 1.165) is 19.5 Å². The van der Waals surface area contributed by atoms with Crippen molar-refractivity contribution in [2.24, 2.45) is 5.92 Å². The van der Waals surface area contributed by atoms with Crippen molar-refractivity contribution in [1.29, 1.82) is 5.26 Å². The molecule has 1 aromatic heterocycles. The Balaban J connectivity index is 1.90. The molecule has 1 aliphatic rings. The Labute approximate surface area is 90.1 Å². The Kier molecular flexibility index (Phi) is 3.02. The number of hydrogen-bond donors (Lipinski definition) is 0. The second kappa shape index (κ2) is 4.45. The Bertz CT molecular complexity index is 363. The van der Waals surface area contributed by atoms with Gasteiger partial charge in [0.05, 0.1) is 12.6 Å². The topological polar surface area (TPSA) is 44.9 Å². The van der Waals surface area contributed by atoms with Crippen LogP contribution in [0.25, 0.3) is 0 Å². The van der Waals surface area contributed by atoms with E-state index in [1.807, 2.05) is 19.4 Å². The zero-order chi connectivity index (χ0) is 10.7. The van der Waals surface area contributed by atoms with Gasteiger partial charge in [-0.3, -0.25) is 4.90 Å². The molecule has 0 spiro atoms. The summed E-state index contributed by atoms with van der Waals surface area (Å²) in [4.78, 5) is 6.39. The van der Waals surface area contributed by atoms with Gasteiger partial charge in [-0.15, -0.1) is 0 Å². The molecule has 1 aliphatic heterocycles. The Morgan fingerprint density at radius 2 is 2.60 bits per heavy atom. The second-order valence-electron chi connectivity index (χ2n) is 4.26. The lowest BCUT2D eigenvalue weighted by Gasteiger charge is -2.26. The smallest absolute Gasteiger partial charge is 0.108 e. The molecule has 4 heteroatoms. The van der Waals surface area contributed by atoms with Crippen LogP contribution in [0.5, 0.6) is 0 Å². The van der Waals surface area contributed by atoms with E-state index in [9.17, 15) is 0 Å². The number of aromatic nitrogens is 2. The van der Waals surface area contributed by atoms with E-state index in [2.05, 4.69) is 20.5 Å². The summed E-state index contributed by atoms with van der Waals surface area (Å²) in [7, 11) is 2.01. The van der Waals surface area contributed by atoms with Crippen LogP contribution in [0.3, 0.4) is 0 Å². The van der Waals surface area contributed by atoms with Gasteiger partial charge in [-0.2, -0.15) is 5.26 Å². The average molecular weight is 204 g/mol. The molecule has 0 saturated carbocycles. The zero-order valence-corrected chi connectivity index (χ0v) is 9.06. The van der Waals surface area contributed by atoms with E-state index in [1.165, 1.54) is 12.2 Å². The third-order valence-electron chi connectivity index (χ3n) is 2.94. The van der Waals surface area contributed by atoms with Gasteiger partial charge in [0.15, 0.2) is 0 Å². The van der Waals surface area contributed by atoms with E-state index in [0.29, 0.717) is 12.5 Å². The third kappa shape index (κ3) is 2.37. The van der Waals surface area contributed by atoms with Crippen LogP contribution in [-0.4, -0.2) is 34.6 Å². The van der Waals surface area contributed by atoms with Gasteiger partial charge in [0.1, 0.15) is 5.82 Å². The first-order valence-corrected chi connectivity index (χ1v) is 5.35. The summed E-state index contributed by atoms with van der Waals surface area (Å²) in [5, 5.41) is 8.58. The van der Waals surface area contributed by atoms with Crippen LogP contribution in [0.2, 0.25) is 0 Å². The van der Waals surface area contributed by atoms with E-state index < -0.39 is 0 Å². The highest BCUT2D eigenvalue weighted by molar-refractivity contribution is 4.97. The molecule has 80 valence electrons. The molecule has 0 radical (unpaired) electrons. The lowest BCUT2D eigenvalue weighted by molar-refractivity contribution is 0.252. The van der Waals surface area contributed by atoms with Crippen LogP contribution in [-0.2, 0) is 13.0 Å². The normalized spacial score (nSPS) is 19.9. The van der Waals surface area contributed by atoms with E-state index in [-0.39, 0.29) is 0 Å². The molecular weight excluding hydrogens is 188 g/mol. The first kappa shape index (κ1) is 10.2. The number of rotatable bonds is 3. The molecule has 0 bridgehead atoms. The van der Waals surface area contributed by atoms with Crippen molar-refractivity contribution in [2.45, 2.75) is 19.4 Å². The number of nitriles is 1. The minimum atomic E-state index is 0.521. The van der Waals surface area contributed by atoms with Crippen LogP contribution in [0, 0.1) is 17.2 Å². The van der Waals surface area contributed by atoms with Gasteiger partial charge in [0.25, 0.3) is 0 Å². The number of hydrogen-bond acceptors (Lipinski definition) is 3. The average Bonchev–Trinajstić information content (AvgIpc) is 2.65. The van der Waals surface area contributed by atoms with Crippen molar-refractivity contribution in [2.75, 3.05) is 20.1 Å². The van der Waals surface area contributed by atoms with Crippen LogP contribution in [0.1, 0.15) is 12.2 Å². The standard InChI is InChI=1S/C11H16N4/c1-14(6-4-12)8-10-2-3-11-13-5-7-15(11)9-10/h5,7,10H,2-3,6,8-9H2,1H3/t10-/m0/s1. The summed E-state index contributed by atoms with van der Waals surface area (Å²) in [6, 6.07) is 2.18. The summed E-state index contributed by atoms with van der Waals surface area (Å²) in [5.74, 6) is 1.86. The Hall–Kier alpha value is -1.34. The molecule has 1 atom stereocenters. The van der Waals surface area contributed by atoms with Crippen LogP contribution in [0.4, 0.5) is 0 Å². The molecule has 4 nitrogen and oxygen atoms in total. The minimum Gasteiger partial charge on any atom is -0.335 e. The maximum Gasteiger partial charge on any atom is 0.108 e. The molecule has 0 aromatic carbocycles. The van der Waals surface area contributed by atoms with E-state index in [4.69, 9.17) is 5.26 Å². The van der Waals surface area contributed by atoms with Crippen molar-refractivity contribution in [3.05, 3.63) is 18.2 Å². The monoisotopic (exact) mass is 204 g/mol. The van der Waals surface area contributed by atoms with Crippen molar-refractivity contribution >= 4 is 0 Å². The lowest BCUT2D eigenvalue weighted by Crippen LogP contribution is -2.31. The molecule has 0 saturated heterocycles. The van der Waals surface area contributed by atoms with Gasteiger partial charge in [-0.05, 0) is 19.4 Å². The SMILES string of the molecule is CN(CC#N)C[C@@H]1CCc2nccn2C1. The molecule has 0 unspecified atom stereocenters. The predicted octanol–water partition coefficient (Wildman–Crippen LogP) is 0.901. The maximum absolute atomic E-state index is 8.58. The fourth-order valence-corrected chi connectivity index (χ4v) is 2.21. The molecule has 15 heavy (non-hydrogen) atoms. The van der Waals surface area contributed by atoms with Crippen LogP contribution < -0.4 is 0 Å². The van der Waals surface area contributed by atoms with E-state index in [1.54, 1.807) is 0 Å². The maximum atomic E-state index is 8.58. The number of aryl methyl sites for hydroxylation is 1. The zero-order valence-electron chi connectivity index (χ0n) is 9.06. The van der Waals surface area contributed by atoms with Gasteiger partial charge in [-0.1, -0.05) is 0 Å². The minimum absolute atomic E-state index is 0.521. The molecule has 0 amide bonds. The predicted molar refractivity (Wildman–Crippen MR) is 57.1 cm³/mol. The van der Waals surface area contributed by atoms with Crippen LogP contribution >= 0.6 is 0 Å². The molecule has 2 heterocycles. The van der Waals surface area contributed by atoms with Gasteiger partial charge in [0, 0.05) is 31.9 Å². The molecule has 1 aromatic rings. The fraction of sp³-hybridized carbons (Fsp3) is 0.636. The fourth-order valence-electron chi connectivity index (χ4n) is 2.21. The molecule has 0 N–H and O–H groups in total. The van der Waals surface area contributed by atoms with Crippen molar-refractivity contribution in [1.82, 2.24) is 14.5 Å². The summed E-state index contributed by atoms with van der Waals surface area (Å²) >= 11 is 0. The molecule has 0 fully saturated rings. The molecule has 2 rings (SSSR count). The number of fused-ring (bicyclic) bond motifs is 1. The number of imidazole rings is 1. The Morgan fingerprint density at radius 1 is 1.73 bits per heavy atom. The summed E-state index contributed by atoms with van der Waals surface area (Å²) in [5.41, 5.74) is 0. The first-order chi connectivity index (χ1) is 7.29. The lowest BCUT2D eigenvalue weighted by atomic mass is 9.99. The Morgan fingerprint density at radius 3 is 3.40 bits per heavy atom. The van der Waals surface area contributed by atoms with E-state index >= 15 is 0 Å². The first-order valence-electron chi connectivity index (χ1n) is 5.35. The van der Waals surface area contributed by atoms with Gasteiger partial charge >= 0.3 is 0 Å². The quantitative estimate of drug-likeness (QED) is 0.687. The highest BCUT2D eigenvalue weighted by atomic mass is 15.1. The van der Waals surface area contributed by atoms with Crippen LogP contribution in [0.15, 0.2) is 12.4 Å². The third-order valence-corrected chi connectivity index (χ3v) is 2.94. The summed E-state index contributed by atoms with van der Waals surface area (Å²) < 4.78 is 2.23. The highest BCUT2D eigenvalue weighted by Gasteiger charge is 2.19.